The van der Waals surface area contributed by atoms with E-state index < -0.39 is 0 Å². The topological polar surface area (TPSA) is 127 Å². The number of rotatable bonds is 11. The third kappa shape index (κ3) is 6.92. The van der Waals surface area contributed by atoms with Crippen molar-refractivity contribution in [2.24, 2.45) is 0 Å². The number of hydrogen-bond donors (Lipinski definition) is 2. The van der Waals surface area contributed by atoms with Crippen molar-refractivity contribution in [1.82, 2.24) is 35.1 Å². The Labute approximate surface area is 224 Å². The van der Waals surface area contributed by atoms with Crippen LogP contribution in [0, 0.1) is 0 Å². The van der Waals surface area contributed by atoms with Gasteiger partial charge in [-0.1, -0.05) is 0 Å². The molecule has 11 nitrogen and oxygen atoms in total. The minimum Gasteiger partial charge on any atom is -0.477 e. The van der Waals surface area contributed by atoms with E-state index in [1.165, 1.54) is 24.2 Å². The third-order valence-electron chi connectivity index (χ3n) is 5.95. The molecule has 1 saturated carbocycles. The van der Waals surface area contributed by atoms with Gasteiger partial charge in [-0.05, 0) is 38.6 Å². The van der Waals surface area contributed by atoms with Crippen molar-refractivity contribution in [2.75, 3.05) is 37.6 Å². The van der Waals surface area contributed by atoms with Crippen LogP contribution in [0.15, 0.2) is 31.0 Å². The largest absolute Gasteiger partial charge is 0.477 e. The maximum atomic E-state index is 13.3. The molecule has 4 heterocycles. The zero-order valence-corrected chi connectivity index (χ0v) is 22.4. The van der Waals surface area contributed by atoms with Gasteiger partial charge in [0.25, 0.3) is 5.91 Å². The molecule has 0 radical (unpaired) electrons. The van der Waals surface area contributed by atoms with Gasteiger partial charge in [-0.3, -0.25) is 19.7 Å². The van der Waals surface area contributed by atoms with E-state index in [0.29, 0.717) is 59.7 Å². The van der Waals surface area contributed by atoms with E-state index in [4.69, 9.17) is 14.5 Å². The summed E-state index contributed by atoms with van der Waals surface area (Å²) in [6.07, 6.45) is 10.7. The molecule has 2 fully saturated rings. The van der Waals surface area contributed by atoms with Gasteiger partial charge in [-0.15, -0.1) is 11.3 Å². The normalized spacial score (nSPS) is 18.8. The maximum Gasteiger partial charge on any atom is 0.280 e. The van der Waals surface area contributed by atoms with Gasteiger partial charge >= 0.3 is 0 Å². The highest BCUT2D eigenvalue weighted by Gasteiger charge is 2.27. The Kier molecular flexibility index (Phi) is 8.44. The first-order valence-electron chi connectivity index (χ1n) is 12.4. The first-order chi connectivity index (χ1) is 18.1. The van der Waals surface area contributed by atoms with Crippen molar-refractivity contribution in [3.8, 4) is 16.5 Å². The van der Waals surface area contributed by atoms with Gasteiger partial charge < -0.3 is 19.5 Å². The molecule has 2 atom stereocenters. The number of morpholine rings is 1. The van der Waals surface area contributed by atoms with Gasteiger partial charge in [0, 0.05) is 30.6 Å². The smallest absolute Gasteiger partial charge is 0.280 e. The summed E-state index contributed by atoms with van der Waals surface area (Å²) in [4.78, 5) is 38.5. The molecule has 196 valence electrons. The van der Waals surface area contributed by atoms with Crippen LogP contribution >= 0.6 is 23.3 Å². The van der Waals surface area contributed by atoms with E-state index in [2.05, 4.69) is 41.8 Å². The van der Waals surface area contributed by atoms with E-state index in [1.807, 2.05) is 6.92 Å². The van der Waals surface area contributed by atoms with Gasteiger partial charge in [0.15, 0.2) is 10.8 Å². The van der Waals surface area contributed by atoms with Gasteiger partial charge in [-0.2, -0.15) is 0 Å². The monoisotopic (exact) mass is 542 g/mol. The molecule has 13 heteroatoms. The number of ether oxygens (including phenoxy) is 2. The molecular weight excluding hydrogens is 512 g/mol. The summed E-state index contributed by atoms with van der Waals surface area (Å²) in [6, 6.07) is -0.142. The van der Waals surface area contributed by atoms with Gasteiger partial charge in [-0.25, -0.2) is 15.0 Å². The van der Waals surface area contributed by atoms with E-state index in [0.717, 1.165) is 11.4 Å². The van der Waals surface area contributed by atoms with Crippen LogP contribution < -0.4 is 14.8 Å². The molecular formula is C24H30N8O3S2. The summed E-state index contributed by atoms with van der Waals surface area (Å²) in [7, 11) is 0. The lowest BCUT2D eigenvalue weighted by molar-refractivity contribution is -0.00450. The number of nitrogens with one attached hydrogen (secondary N) is 2. The second-order valence-corrected chi connectivity index (χ2v) is 11.0. The Morgan fingerprint density at radius 3 is 2.92 bits per heavy atom. The highest BCUT2D eigenvalue weighted by atomic mass is 32.2. The predicted molar refractivity (Wildman–Crippen MR) is 143 cm³/mol. The summed E-state index contributed by atoms with van der Waals surface area (Å²) in [6.45, 7) is 7.20. The average molecular weight is 543 g/mol. The molecule has 1 amide bonds. The fraction of sp³-hybridized carbons (Fsp3) is 0.500. The van der Waals surface area contributed by atoms with Crippen LogP contribution in [0.25, 0.3) is 10.6 Å². The molecule has 2 N–H and O–H groups in total. The first-order valence-corrected chi connectivity index (χ1v) is 14.1. The molecule has 3 aromatic rings. The summed E-state index contributed by atoms with van der Waals surface area (Å²) in [5.74, 6) is 0.850. The molecule has 0 bridgehead atoms. The molecule has 5 rings (SSSR count). The van der Waals surface area contributed by atoms with Crippen molar-refractivity contribution < 1.29 is 14.3 Å². The molecule has 0 spiro atoms. The van der Waals surface area contributed by atoms with Crippen molar-refractivity contribution in [2.45, 2.75) is 44.0 Å². The van der Waals surface area contributed by atoms with Crippen LogP contribution in [0.3, 0.4) is 0 Å². The van der Waals surface area contributed by atoms with Crippen LogP contribution in [0.2, 0.25) is 0 Å². The number of nitrogens with zero attached hydrogens (tertiary/aromatic N) is 6. The van der Waals surface area contributed by atoms with Gasteiger partial charge in [0.05, 0.1) is 61.2 Å². The van der Waals surface area contributed by atoms with Gasteiger partial charge in [0.2, 0.25) is 5.88 Å². The second-order valence-electron chi connectivity index (χ2n) is 8.90. The molecule has 1 unspecified atom stereocenters. The highest BCUT2D eigenvalue weighted by Crippen LogP contribution is 2.34. The van der Waals surface area contributed by atoms with E-state index in [-0.39, 0.29) is 18.0 Å². The minimum absolute atomic E-state index is 0.232. The Morgan fingerprint density at radius 2 is 2.11 bits per heavy atom. The lowest BCUT2D eigenvalue weighted by Gasteiger charge is -2.35. The highest BCUT2D eigenvalue weighted by molar-refractivity contribution is 8.01. The van der Waals surface area contributed by atoms with Crippen LogP contribution in [0.1, 0.15) is 48.2 Å². The lowest BCUT2D eigenvalue weighted by atomic mass is 10.1. The average Bonchev–Trinajstić information content (AvgIpc) is 3.61. The van der Waals surface area contributed by atoms with Crippen molar-refractivity contribution in [3.05, 3.63) is 41.7 Å². The standard InChI is InChI=1S/C24H30N8O3S2/c1-3-35-22-12-26-9-18(29-22)20-10-27-24(36-20)23(33)30-19(13-32-6-7-34-14-15(32)2)17-8-25-11-21(28-17)31-37-16-4-5-16/h8-12,15-16,19H,3-7,13-14H2,1-2H3,(H,28,31)(H,30,33)/t15-,19?/m1/s1. The second kappa shape index (κ2) is 12.1. The van der Waals surface area contributed by atoms with E-state index >= 15 is 0 Å². The first kappa shape index (κ1) is 25.8. The number of anilines is 1. The Bertz CT molecular complexity index is 1210. The van der Waals surface area contributed by atoms with E-state index in [1.54, 1.807) is 42.9 Å². The predicted octanol–water partition coefficient (Wildman–Crippen LogP) is 3.20. The zero-order chi connectivity index (χ0) is 25.6. The maximum absolute atomic E-state index is 13.3. The van der Waals surface area contributed by atoms with Crippen LogP contribution in [0.4, 0.5) is 5.82 Å². The van der Waals surface area contributed by atoms with Crippen LogP contribution in [-0.4, -0.2) is 79.9 Å². The van der Waals surface area contributed by atoms with Crippen LogP contribution in [0.5, 0.6) is 5.88 Å². The molecule has 1 saturated heterocycles. The van der Waals surface area contributed by atoms with Crippen LogP contribution in [-0.2, 0) is 4.74 Å². The molecule has 1 aliphatic heterocycles. The molecule has 37 heavy (non-hydrogen) atoms. The van der Waals surface area contributed by atoms with Crippen molar-refractivity contribution >= 4 is 35.0 Å². The molecule has 0 aromatic carbocycles. The Balaban J connectivity index is 1.33. The lowest BCUT2D eigenvalue weighted by Crippen LogP contribution is -2.48. The Morgan fingerprint density at radius 1 is 1.24 bits per heavy atom. The fourth-order valence-corrected chi connectivity index (χ4v) is 5.34. The molecule has 2 aliphatic rings. The third-order valence-corrected chi connectivity index (χ3v) is 8.10. The molecule has 3 aromatic heterocycles. The number of hydrogen-bond acceptors (Lipinski definition) is 12. The number of amides is 1. The number of aromatic nitrogens is 5. The van der Waals surface area contributed by atoms with Crippen molar-refractivity contribution in [3.63, 3.8) is 0 Å². The molecule has 1 aliphatic carbocycles. The Hall–Kier alpha value is -2.87. The van der Waals surface area contributed by atoms with Crippen molar-refractivity contribution in [1.29, 1.82) is 0 Å². The number of thiazole rings is 1. The number of carbonyl (C=O) groups excluding carboxylic acids is 1. The SMILES string of the molecule is CCOc1cncc(-c2cnc(C(=O)NC(CN3CCOC[C@H]3C)c3cncc(NSC4CC4)n3)s2)n1. The van der Waals surface area contributed by atoms with E-state index in [9.17, 15) is 4.79 Å². The van der Waals surface area contributed by atoms with Gasteiger partial charge in [0.1, 0.15) is 5.69 Å². The summed E-state index contributed by atoms with van der Waals surface area (Å²) in [5, 5.41) is 4.12. The summed E-state index contributed by atoms with van der Waals surface area (Å²) in [5.41, 5.74) is 1.31. The zero-order valence-electron chi connectivity index (χ0n) is 20.8. The fourth-order valence-electron chi connectivity index (χ4n) is 3.81. The summed E-state index contributed by atoms with van der Waals surface area (Å²) >= 11 is 2.93. The minimum atomic E-state index is -0.373. The number of carbonyl (C=O) groups is 1. The quantitative estimate of drug-likeness (QED) is 0.347. The summed E-state index contributed by atoms with van der Waals surface area (Å²) < 4.78 is 14.3.